The maximum absolute atomic E-state index is 11.2. The number of halogens is 1. The predicted octanol–water partition coefficient (Wildman–Crippen LogP) is 5.07. The SMILES string of the molecule is O=[N+]([O-])c1cc([C@@H]2Nc3ccccc3[C@@H]3C=CC[C@@H]32)ccc1Cl. The van der Waals surface area contributed by atoms with Gasteiger partial charge in [0.2, 0.25) is 0 Å². The summed E-state index contributed by atoms with van der Waals surface area (Å²) in [7, 11) is 0. The third-order valence-electron chi connectivity index (χ3n) is 4.80. The van der Waals surface area contributed by atoms with Gasteiger partial charge in [0, 0.05) is 17.7 Å². The molecule has 0 unspecified atom stereocenters. The van der Waals surface area contributed by atoms with E-state index in [-0.39, 0.29) is 16.8 Å². The summed E-state index contributed by atoms with van der Waals surface area (Å²) in [6, 6.07) is 13.4. The van der Waals surface area contributed by atoms with E-state index in [2.05, 4.69) is 35.7 Å². The van der Waals surface area contributed by atoms with Crippen molar-refractivity contribution in [3.05, 3.63) is 80.9 Å². The number of fused-ring (bicyclic) bond motifs is 3. The van der Waals surface area contributed by atoms with Crippen molar-refractivity contribution in [1.29, 1.82) is 0 Å². The van der Waals surface area contributed by atoms with Crippen LogP contribution in [0.3, 0.4) is 0 Å². The van der Waals surface area contributed by atoms with Crippen molar-refractivity contribution in [2.75, 3.05) is 5.32 Å². The average molecular weight is 327 g/mol. The Labute approximate surface area is 138 Å². The minimum absolute atomic E-state index is 0.0349. The molecule has 0 bridgehead atoms. The lowest BCUT2D eigenvalue weighted by atomic mass is 9.77. The van der Waals surface area contributed by atoms with Crippen LogP contribution in [0.5, 0.6) is 0 Å². The number of hydrogen-bond acceptors (Lipinski definition) is 3. The van der Waals surface area contributed by atoms with E-state index in [9.17, 15) is 10.1 Å². The number of nitro benzene ring substituents is 1. The Morgan fingerprint density at radius 3 is 2.87 bits per heavy atom. The number of hydrogen-bond donors (Lipinski definition) is 1. The summed E-state index contributed by atoms with van der Waals surface area (Å²) in [6.07, 6.45) is 5.42. The number of rotatable bonds is 2. The molecule has 0 spiro atoms. The van der Waals surface area contributed by atoms with E-state index < -0.39 is 4.92 Å². The fourth-order valence-electron chi connectivity index (χ4n) is 3.74. The van der Waals surface area contributed by atoms with E-state index in [4.69, 9.17) is 11.6 Å². The molecule has 0 fully saturated rings. The first-order valence-electron chi connectivity index (χ1n) is 7.61. The van der Waals surface area contributed by atoms with Crippen LogP contribution in [-0.4, -0.2) is 4.92 Å². The predicted molar refractivity (Wildman–Crippen MR) is 90.9 cm³/mol. The van der Waals surface area contributed by atoms with Gasteiger partial charge in [-0.1, -0.05) is 48.0 Å². The van der Waals surface area contributed by atoms with Crippen molar-refractivity contribution in [2.24, 2.45) is 5.92 Å². The third kappa shape index (κ3) is 2.30. The molecule has 4 nitrogen and oxygen atoms in total. The number of para-hydroxylation sites is 1. The minimum Gasteiger partial charge on any atom is -0.378 e. The highest BCUT2D eigenvalue weighted by Gasteiger charge is 2.38. The van der Waals surface area contributed by atoms with Gasteiger partial charge in [-0.05, 0) is 35.6 Å². The van der Waals surface area contributed by atoms with Gasteiger partial charge in [-0.25, -0.2) is 0 Å². The van der Waals surface area contributed by atoms with Gasteiger partial charge in [0.05, 0.1) is 11.0 Å². The van der Waals surface area contributed by atoms with Gasteiger partial charge in [-0.2, -0.15) is 0 Å². The topological polar surface area (TPSA) is 55.2 Å². The Bertz CT molecular complexity index is 818. The molecule has 4 rings (SSSR count). The standard InChI is InChI=1S/C18H15ClN2O2/c19-15-9-8-11(10-17(15)21(22)23)18-14-6-3-5-12(14)13-4-1-2-7-16(13)20-18/h1-5,7-10,12,14,18,20H,6H2/t12-,14-,18-/m0/s1. The average Bonchev–Trinajstić information content (AvgIpc) is 3.04. The van der Waals surface area contributed by atoms with Gasteiger partial charge in [0.25, 0.3) is 5.69 Å². The number of anilines is 1. The summed E-state index contributed by atoms with van der Waals surface area (Å²) in [5, 5.41) is 14.9. The Balaban J connectivity index is 1.78. The number of allylic oxidation sites excluding steroid dienone is 2. The van der Waals surface area contributed by atoms with Crippen LogP contribution in [0.1, 0.15) is 29.5 Å². The maximum atomic E-state index is 11.2. The number of benzene rings is 2. The summed E-state index contributed by atoms with van der Waals surface area (Å²) in [5.41, 5.74) is 3.27. The van der Waals surface area contributed by atoms with Crippen LogP contribution in [0.25, 0.3) is 0 Å². The first-order valence-corrected chi connectivity index (χ1v) is 7.99. The van der Waals surface area contributed by atoms with Crippen LogP contribution in [0, 0.1) is 16.0 Å². The number of nitrogens with zero attached hydrogens (tertiary/aromatic N) is 1. The molecular weight excluding hydrogens is 312 g/mol. The van der Waals surface area contributed by atoms with E-state index in [1.807, 2.05) is 12.1 Å². The molecule has 0 saturated carbocycles. The number of nitrogens with one attached hydrogen (secondary N) is 1. The van der Waals surface area contributed by atoms with Gasteiger partial charge < -0.3 is 5.32 Å². The Hall–Kier alpha value is -2.33. The van der Waals surface area contributed by atoms with E-state index in [0.29, 0.717) is 11.8 Å². The molecule has 0 amide bonds. The minimum atomic E-state index is -0.424. The highest BCUT2D eigenvalue weighted by molar-refractivity contribution is 6.32. The molecule has 1 aliphatic heterocycles. The van der Waals surface area contributed by atoms with Crippen LogP contribution in [0.2, 0.25) is 5.02 Å². The molecule has 5 heteroatoms. The largest absolute Gasteiger partial charge is 0.378 e. The quantitative estimate of drug-likeness (QED) is 0.476. The fourth-order valence-corrected chi connectivity index (χ4v) is 3.92. The van der Waals surface area contributed by atoms with E-state index in [1.165, 1.54) is 5.56 Å². The molecule has 2 aromatic rings. The Morgan fingerprint density at radius 1 is 1.22 bits per heavy atom. The first-order chi connectivity index (χ1) is 11.1. The second-order valence-electron chi connectivity index (χ2n) is 6.03. The van der Waals surface area contributed by atoms with Crippen LogP contribution < -0.4 is 5.32 Å². The van der Waals surface area contributed by atoms with E-state index in [1.54, 1.807) is 12.1 Å². The lowest BCUT2D eigenvalue weighted by Gasteiger charge is -2.37. The van der Waals surface area contributed by atoms with Gasteiger partial charge in [-0.15, -0.1) is 0 Å². The summed E-state index contributed by atoms with van der Waals surface area (Å²) in [6.45, 7) is 0. The summed E-state index contributed by atoms with van der Waals surface area (Å²) >= 11 is 5.95. The highest BCUT2D eigenvalue weighted by Crippen LogP contribution is 2.50. The molecule has 1 aliphatic carbocycles. The van der Waals surface area contributed by atoms with E-state index in [0.717, 1.165) is 17.7 Å². The second-order valence-corrected chi connectivity index (χ2v) is 6.44. The molecule has 1 N–H and O–H groups in total. The normalized spacial score (nSPS) is 24.7. The number of nitro groups is 1. The molecular formula is C18H15ClN2O2. The molecule has 23 heavy (non-hydrogen) atoms. The Morgan fingerprint density at radius 2 is 2.04 bits per heavy atom. The van der Waals surface area contributed by atoms with Crippen LogP contribution >= 0.6 is 11.6 Å². The third-order valence-corrected chi connectivity index (χ3v) is 5.12. The lowest BCUT2D eigenvalue weighted by Crippen LogP contribution is -2.29. The molecule has 0 saturated heterocycles. The van der Waals surface area contributed by atoms with Crippen molar-refractivity contribution < 1.29 is 4.92 Å². The molecule has 0 aromatic heterocycles. The maximum Gasteiger partial charge on any atom is 0.288 e. The zero-order valence-electron chi connectivity index (χ0n) is 12.3. The lowest BCUT2D eigenvalue weighted by molar-refractivity contribution is -0.384. The molecule has 1 heterocycles. The first kappa shape index (κ1) is 14.3. The summed E-state index contributed by atoms with van der Waals surface area (Å²) in [4.78, 5) is 10.7. The molecule has 3 atom stereocenters. The molecule has 116 valence electrons. The Kier molecular flexibility index (Phi) is 3.34. The van der Waals surface area contributed by atoms with Gasteiger partial charge >= 0.3 is 0 Å². The highest BCUT2D eigenvalue weighted by atomic mass is 35.5. The molecule has 2 aromatic carbocycles. The van der Waals surface area contributed by atoms with Crippen LogP contribution in [0.4, 0.5) is 11.4 Å². The van der Waals surface area contributed by atoms with Gasteiger partial charge in [0.1, 0.15) is 5.02 Å². The zero-order chi connectivity index (χ0) is 16.0. The fraction of sp³-hybridized carbons (Fsp3) is 0.222. The monoisotopic (exact) mass is 326 g/mol. The van der Waals surface area contributed by atoms with E-state index >= 15 is 0 Å². The van der Waals surface area contributed by atoms with Gasteiger partial charge in [-0.3, -0.25) is 10.1 Å². The van der Waals surface area contributed by atoms with Gasteiger partial charge in [0.15, 0.2) is 0 Å². The second kappa shape index (κ2) is 5.39. The van der Waals surface area contributed by atoms with Crippen molar-refractivity contribution >= 4 is 23.0 Å². The van der Waals surface area contributed by atoms with Crippen LogP contribution in [0.15, 0.2) is 54.6 Å². The van der Waals surface area contributed by atoms with Crippen molar-refractivity contribution in [1.82, 2.24) is 0 Å². The molecule has 2 aliphatic rings. The van der Waals surface area contributed by atoms with Crippen molar-refractivity contribution in [3.63, 3.8) is 0 Å². The zero-order valence-corrected chi connectivity index (χ0v) is 13.0. The van der Waals surface area contributed by atoms with Crippen molar-refractivity contribution in [2.45, 2.75) is 18.4 Å². The summed E-state index contributed by atoms with van der Waals surface area (Å²) < 4.78 is 0. The summed E-state index contributed by atoms with van der Waals surface area (Å²) in [5.74, 6) is 0.720. The smallest absolute Gasteiger partial charge is 0.288 e. The van der Waals surface area contributed by atoms with Crippen LogP contribution in [-0.2, 0) is 0 Å². The molecule has 0 radical (unpaired) electrons. The van der Waals surface area contributed by atoms with Crippen molar-refractivity contribution in [3.8, 4) is 0 Å².